The molecule has 0 radical (unpaired) electrons. The average Bonchev–Trinajstić information content (AvgIpc) is 3.08. The van der Waals surface area contributed by atoms with Gasteiger partial charge in [0.1, 0.15) is 16.9 Å². The van der Waals surface area contributed by atoms with Gasteiger partial charge in [0, 0.05) is 53.5 Å². The summed E-state index contributed by atoms with van der Waals surface area (Å²) in [6.07, 6.45) is 5.35. The molecular formula is C23H27NO5. The maximum Gasteiger partial charge on any atom is 0.339 e. The van der Waals surface area contributed by atoms with Gasteiger partial charge in [-0.25, -0.2) is 4.79 Å². The molecule has 0 saturated carbocycles. The number of aliphatic hydroxyl groups is 1. The van der Waals surface area contributed by atoms with Gasteiger partial charge in [-0.1, -0.05) is 0 Å². The molecule has 2 N–H and O–H groups in total. The van der Waals surface area contributed by atoms with Crippen molar-refractivity contribution < 1.29 is 18.7 Å². The molecule has 0 fully saturated rings. The van der Waals surface area contributed by atoms with Crippen LogP contribution in [0.2, 0.25) is 0 Å². The minimum absolute atomic E-state index is 0.0409. The zero-order valence-electron chi connectivity index (χ0n) is 17.0. The van der Waals surface area contributed by atoms with Crippen molar-refractivity contribution in [1.82, 2.24) is 5.32 Å². The number of aliphatic hydroxyl groups excluding tert-OH is 1. The van der Waals surface area contributed by atoms with Gasteiger partial charge in [-0.2, -0.15) is 0 Å². The third-order valence-electron chi connectivity index (χ3n) is 5.98. The van der Waals surface area contributed by atoms with Crippen LogP contribution in [0, 0.1) is 13.8 Å². The fourth-order valence-electron chi connectivity index (χ4n) is 4.34. The zero-order chi connectivity index (χ0) is 20.5. The van der Waals surface area contributed by atoms with E-state index in [0.717, 1.165) is 58.9 Å². The van der Waals surface area contributed by atoms with E-state index in [9.17, 15) is 9.59 Å². The number of amides is 1. The standard InChI is InChI=1S/C23H27NO5/c1-13-15(8-9-20(26)24-10-5-11-25)23(27)29-21-14(2)22-18(12-17(13)21)16-6-3-4-7-19(16)28-22/h12,25H,3-11H2,1-2H3,(H,24,26). The average molecular weight is 397 g/mol. The van der Waals surface area contributed by atoms with Crippen LogP contribution < -0.4 is 10.9 Å². The number of hydrogen-bond acceptors (Lipinski definition) is 5. The second-order valence-electron chi connectivity index (χ2n) is 7.89. The number of rotatable bonds is 6. The monoisotopic (exact) mass is 397 g/mol. The van der Waals surface area contributed by atoms with Gasteiger partial charge >= 0.3 is 5.63 Å². The first kappa shape index (κ1) is 19.7. The van der Waals surface area contributed by atoms with Gasteiger partial charge < -0.3 is 19.3 Å². The van der Waals surface area contributed by atoms with E-state index in [1.54, 1.807) is 0 Å². The lowest BCUT2D eigenvalue weighted by molar-refractivity contribution is -0.121. The molecule has 1 aromatic carbocycles. The topological polar surface area (TPSA) is 92.7 Å². The van der Waals surface area contributed by atoms with Gasteiger partial charge in [0.15, 0.2) is 0 Å². The fourth-order valence-corrected chi connectivity index (χ4v) is 4.34. The molecule has 154 valence electrons. The van der Waals surface area contributed by atoms with E-state index in [1.807, 2.05) is 13.8 Å². The van der Waals surface area contributed by atoms with Crippen molar-refractivity contribution >= 4 is 27.8 Å². The summed E-state index contributed by atoms with van der Waals surface area (Å²) in [6.45, 7) is 4.34. The highest BCUT2D eigenvalue weighted by atomic mass is 16.4. The Balaban J connectivity index is 1.73. The van der Waals surface area contributed by atoms with Crippen LogP contribution in [0.25, 0.3) is 21.9 Å². The van der Waals surface area contributed by atoms with Crippen LogP contribution in [0.15, 0.2) is 19.7 Å². The van der Waals surface area contributed by atoms with Crippen molar-refractivity contribution in [2.75, 3.05) is 13.2 Å². The number of fused-ring (bicyclic) bond motifs is 4. The van der Waals surface area contributed by atoms with E-state index in [0.29, 0.717) is 30.5 Å². The summed E-state index contributed by atoms with van der Waals surface area (Å²) in [7, 11) is 0. The van der Waals surface area contributed by atoms with Crippen molar-refractivity contribution in [3.05, 3.63) is 44.5 Å². The summed E-state index contributed by atoms with van der Waals surface area (Å²) >= 11 is 0. The van der Waals surface area contributed by atoms with E-state index in [4.69, 9.17) is 13.9 Å². The molecular weight excluding hydrogens is 370 g/mol. The second-order valence-corrected chi connectivity index (χ2v) is 7.89. The van der Waals surface area contributed by atoms with Crippen LogP contribution in [0.5, 0.6) is 0 Å². The Hall–Kier alpha value is -2.60. The molecule has 6 nitrogen and oxygen atoms in total. The summed E-state index contributed by atoms with van der Waals surface area (Å²) in [4.78, 5) is 24.6. The van der Waals surface area contributed by atoms with Crippen LogP contribution in [-0.4, -0.2) is 24.2 Å². The van der Waals surface area contributed by atoms with Crippen molar-refractivity contribution in [2.24, 2.45) is 0 Å². The number of hydrogen-bond donors (Lipinski definition) is 2. The maximum atomic E-state index is 12.6. The molecule has 1 aliphatic rings. The van der Waals surface area contributed by atoms with Crippen molar-refractivity contribution in [3.8, 4) is 0 Å². The number of aryl methyl sites for hydroxylation is 4. The van der Waals surface area contributed by atoms with Crippen LogP contribution in [0.1, 0.15) is 53.7 Å². The van der Waals surface area contributed by atoms with E-state index < -0.39 is 5.63 Å². The molecule has 6 heteroatoms. The van der Waals surface area contributed by atoms with Crippen molar-refractivity contribution in [1.29, 1.82) is 0 Å². The number of carbonyl (C=O) groups excluding carboxylic acids is 1. The Morgan fingerprint density at radius 3 is 2.66 bits per heavy atom. The third-order valence-corrected chi connectivity index (χ3v) is 5.98. The molecule has 2 heterocycles. The van der Waals surface area contributed by atoms with Crippen LogP contribution >= 0.6 is 0 Å². The van der Waals surface area contributed by atoms with E-state index in [-0.39, 0.29) is 18.9 Å². The Kier molecular flexibility index (Phi) is 5.46. The molecule has 0 atom stereocenters. The van der Waals surface area contributed by atoms with Gasteiger partial charge in [-0.05, 0) is 57.6 Å². The number of furan rings is 1. The largest absolute Gasteiger partial charge is 0.460 e. The predicted molar refractivity (Wildman–Crippen MR) is 111 cm³/mol. The Morgan fingerprint density at radius 1 is 1.10 bits per heavy atom. The maximum absolute atomic E-state index is 12.6. The summed E-state index contributed by atoms with van der Waals surface area (Å²) < 4.78 is 11.8. The summed E-state index contributed by atoms with van der Waals surface area (Å²) in [6, 6.07) is 2.09. The van der Waals surface area contributed by atoms with Crippen molar-refractivity contribution in [3.63, 3.8) is 0 Å². The van der Waals surface area contributed by atoms with Gasteiger partial charge in [-0.3, -0.25) is 4.79 Å². The third kappa shape index (κ3) is 3.57. The first-order valence-corrected chi connectivity index (χ1v) is 10.4. The molecule has 1 aliphatic carbocycles. The fraction of sp³-hybridized carbons (Fsp3) is 0.478. The molecule has 0 spiro atoms. The molecule has 0 bridgehead atoms. The smallest absolute Gasteiger partial charge is 0.339 e. The minimum Gasteiger partial charge on any atom is -0.460 e. The zero-order valence-corrected chi connectivity index (χ0v) is 17.0. The van der Waals surface area contributed by atoms with Gasteiger partial charge in [0.25, 0.3) is 0 Å². The number of benzene rings is 1. The molecule has 3 aromatic rings. The molecule has 0 unspecified atom stereocenters. The first-order chi connectivity index (χ1) is 14.0. The highest BCUT2D eigenvalue weighted by Crippen LogP contribution is 2.37. The van der Waals surface area contributed by atoms with Gasteiger partial charge in [-0.15, -0.1) is 0 Å². The molecule has 2 aromatic heterocycles. The van der Waals surface area contributed by atoms with E-state index in [2.05, 4.69) is 11.4 Å². The molecule has 4 rings (SSSR count). The van der Waals surface area contributed by atoms with E-state index >= 15 is 0 Å². The van der Waals surface area contributed by atoms with Gasteiger partial charge in [0.05, 0.1) is 0 Å². The van der Waals surface area contributed by atoms with Crippen LogP contribution in [0.4, 0.5) is 0 Å². The summed E-state index contributed by atoms with van der Waals surface area (Å²) in [5, 5.41) is 13.6. The SMILES string of the molecule is Cc1c(CCC(=O)NCCCO)c(=O)oc2c(C)c3oc4c(c3cc12)CCCC4. The lowest BCUT2D eigenvalue weighted by atomic mass is 9.93. The van der Waals surface area contributed by atoms with Crippen LogP contribution in [-0.2, 0) is 24.1 Å². The summed E-state index contributed by atoms with van der Waals surface area (Å²) in [5.41, 5.74) is 4.57. The lowest BCUT2D eigenvalue weighted by Crippen LogP contribution is -2.26. The molecule has 0 aliphatic heterocycles. The van der Waals surface area contributed by atoms with E-state index in [1.165, 1.54) is 5.56 Å². The lowest BCUT2D eigenvalue weighted by Gasteiger charge is -2.11. The number of nitrogens with one attached hydrogen (secondary N) is 1. The Morgan fingerprint density at radius 2 is 1.86 bits per heavy atom. The predicted octanol–water partition coefficient (Wildman–Crippen LogP) is 3.47. The molecule has 29 heavy (non-hydrogen) atoms. The second kappa shape index (κ2) is 8.03. The van der Waals surface area contributed by atoms with Gasteiger partial charge in [0.2, 0.25) is 5.91 Å². The Labute approximate surface area is 168 Å². The highest BCUT2D eigenvalue weighted by Gasteiger charge is 2.22. The number of carbonyl (C=O) groups is 1. The van der Waals surface area contributed by atoms with Crippen molar-refractivity contribution in [2.45, 2.75) is 58.8 Å². The minimum atomic E-state index is -0.392. The van der Waals surface area contributed by atoms with Crippen LogP contribution in [0.3, 0.4) is 0 Å². The highest BCUT2D eigenvalue weighted by molar-refractivity contribution is 6.00. The molecule has 1 amide bonds. The Bertz CT molecular complexity index is 1140. The first-order valence-electron chi connectivity index (χ1n) is 10.4. The summed E-state index contributed by atoms with van der Waals surface area (Å²) in [5.74, 6) is 0.928. The molecule has 0 saturated heterocycles. The quantitative estimate of drug-likeness (QED) is 0.491. The normalized spacial score (nSPS) is 13.8.